The second-order valence-corrected chi connectivity index (χ2v) is 7.70. The quantitative estimate of drug-likeness (QED) is 0.626. The fourth-order valence-corrected chi connectivity index (χ4v) is 3.47. The minimum Gasteiger partial charge on any atom is -0.275 e. The molecule has 0 N–H and O–H groups in total. The first-order valence-electron chi connectivity index (χ1n) is 8.19. The van der Waals surface area contributed by atoms with E-state index in [2.05, 4.69) is 10.1 Å². The molecule has 0 saturated heterocycles. The van der Waals surface area contributed by atoms with Crippen molar-refractivity contribution in [3.63, 3.8) is 0 Å². The van der Waals surface area contributed by atoms with Crippen LogP contribution < -0.4 is 4.90 Å². The van der Waals surface area contributed by atoms with Crippen molar-refractivity contribution >= 4 is 40.1 Å². The molecule has 2 rings (SSSR count). The molecule has 0 fully saturated rings. The highest BCUT2D eigenvalue weighted by Gasteiger charge is 2.34. The predicted molar refractivity (Wildman–Crippen MR) is 101 cm³/mol. The number of aromatic nitrogens is 3. The van der Waals surface area contributed by atoms with Crippen LogP contribution in [0.15, 0.2) is 11.5 Å². The van der Waals surface area contributed by atoms with Gasteiger partial charge < -0.3 is 0 Å². The van der Waals surface area contributed by atoms with Gasteiger partial charge in [-0.2, -0.15) is 18.3 Å². The minimum absolute atomic E-state index is 0.00204. The van der Waals surface area contributed by atoms with Crippen LogP contribution in [0.25, 0.3) is 6.08 Å². The molecule has 0 aromatic carbocycles. The highest BCUT2D eigenvalue weighted by molar-refractivity contribution is 7.14. The second kappa shape index (κ2) is 8.43. The molecule has 10 heteroatoms. The lowest BCUT2D eigenvalue weighted by Gasteiger charge is -2.19. The van der Waals surface area contributed by atoms with Crippen molar-refractivity contribution in [1.82, 2.24) is 14.8 Å². The van der Waals surface area contributed by atoms with Crippen molar-refractivity contribution in [1.29, 1.82) is 0 Å². The lowest BCUT2D eigenvalue weighted by Crippen LogP contribution is -2.38. The molecule has 0 bridgehead atoms. The summed E-state index contributed by atoms with van der Waals surface area (Å²) in [5.74, 6) is -0.510. The Kier molecular flexibility index (Phi) is 6.69. The van der Waals surface area contributed by atoms with Crippen LogP contribution in [0.2, 0.25) is 5.15 Å². The standard InChI is InChI=1S/C17H20ClF3N4OS/c1-10(2)7-25-15(18)13(12(4)23-25)5-6-14(26)24(9-17(19,20)21)16-22-11(3)8-27-16/h5-6,8,10H,7,9H2,1-4H3/b6-5+. The number of anilines is 1. The molecule has 0 unspecified atom stereocenters. The van der Waals surface area contributed by atoms with Gasteiger partial charge in [-0.3, -0.25) is 14.4 Å². The molecule has 0 aliphatic heterocycles. The van der Waals surface area contributed by atoms with E-state index in [9.17, 15) is 18.0 Å². The summed E-state index contributed by atoms with van der Waals surface area (Å²) in [5, 5.41) is 6.25. The Bertz CT molecular complexity index is 842. The number of carbonyl (C=O) groups is 1. The summed E-state index contributed by atoms with van der Waals surface area (Å²) >= 11 is 7.28. The van der Waals surface area contributed by atoms with Crippen molar-refractivity contribution in [2.24, 2.45) is 5.92 Å². The van der Waals surface area contributed by atoms with E-state index in [4.69, 9.17) is 11.6 Å². The van der Waals surface area contributed by atoms with Crippen LogP contribution in [0, 0.1) is 19.8 Å². The number of rotatable bonds is 6. The smallest absolute Gasteiger partial charge is 0.275 e. The molecule has 0 radical (unpaired) electrons. The SMILES string of the molecule is Cc1csc(N(CC(F)(F)F)C(=O)/C=C/c2c(C)nn(CC(C)C)c2Cl)n1. The highest BCUT2D eigenvalue weighted by atomic mass is 35.5. The summed E-state index contributed by atoms with van der Waals surface area (Å²) in [5.41, 5.74) is 1.65. The summed E-state index contributed by atoms with van der Waals surface area (Å²) in [6.07, 6.45) is -2.08. The average Bonchev–Trinajstić information content (AvgIpc) is 3.06. The van der Waals surface area contributed by atoms with Gasteiger partial charge in [0.15, 0.2) is 5.13 Å². The van der Waals surface area contributed by atoms with Crippen molar-refractivity contribution in [2.45, 2.75) is 40.4 Å². The molecular formula is C17H20ClF3N4OS. The highest BCUT2D eigenvalue weighted by Crippen LogP contribution is 2.27. The van der Waals surface area contributed by atoms with Crippen molar-refractivity contribution in [2.75, 3.05) is 11.4 Å². The van der Waals surface area contributed by atoms with Gasteiger partial charge in [0.05, 0.1) is 11.4 Å². The number of halogens is 4. The van der Waals surface area contributed by atoms with E-state index in [1.807, 2.05) is 13.8 Å². The van der Waals surface area contributed by atoms with Crippen LogP contribution in [-0.2, 0) is 11.3 Å². The third-order valence-corrected chi connectivity index (χ3v) is 4.86. The molecule has 5 nitrogen and oxygen atoms in total. The van der Waals surface area contributed by atoms with Gasteiger partial charge in [0, 0.05) is 23.6 Å². The van der Waals surface area contributed by atoms with Crippen LogP contribution in [-0.4, -0.2) is 33.4 Å². The first-order chi connectivity index (χ1) is 12.5. The average molecular weight is 421 g/mol. The van der Waals surface area contributed by atoms with Gasteiger partial charge in [0.2, 0.25) is 0 Å². The van der Waals surface area contributed by atoms with Crippen molar-refractivity contribution in [3.8, 4) is 0 Å². The molecule has 2 aromatic heterocycles. The summed E-state index contributed by atoms with van der Waals surface area (Å²) in [6.45, 7) is 6.58. The summed E-state index contributed by atoms with van der Waals surface area (Å²) in [7, 11) is 0. The van der Waals surface area contributed by atoms with Gasteiger partial charge >= 0.3 is 6.18 Å². The van der Waals surface area contributed by atoms with Gasteiger partial charge in [-0.15, -0.1) is 11.3 Å². The number of alkyl halides is 3. The van der Waals surface area contributed by atoms with E-state index in [1.165, 1.54) is 6.08 Å². The lowest BCUT2D eigenvalue weighted by molar-refractivity contribution is -0.129. The number of amides is 1. The van der Waals surface area contributed by atoms with Gasteiger partial charge in [0.1, 0.15) is 11.7 Å². The Balaban J connectivity index is 2.28. The van der Waals surface area contributed by atoms with E-state index in [1.54, 1.807) is 23.9 Å². The number of carbonyl (C=O) groups excluding carboxylic acids is 1. The van der Waals surface area contributed by atoms with E-state index in [0.717, 1.165) is 17.4 Å². The maximum absolute atomic E-state index is 12.9. The molecule has 0 aliphatic carbocycles. The topological polar surface area (TPSA) is 51.0 Å². The number of thiazole rings is 1. The Hall–Kier alpha value is -1.87. The molecule has 27 heavy (non-hydrogen) atoms. The number of hydrogen-bond acceptors (Lipinski definition) is 4. The fraction of sp³-hybridized carbons (Fsp3) is 0.471. The van der Waals surface area contributed by atoms with E-state index in [0.29, 0.717) is 39.5 Å². The number of aryl methyl sites for hydroxylation is 2. The van der Waals surface area contributed by atoms with Gasteiger partial charge in [-0.05, 0) is 25.8 Å². The van der Waals surface area contributed by atoms with Crippen LogP contribution in [0.5, 0.6) is 0 Å². The Morgan fingerprint density at radius 3 is 2.59 bits per heavy atom. The normalized spacial score (nSPS) is 12.3. The lowest BCUT2D eigenvalue weighted by atomic mass is 10.2. The third-order valence-electron chi connectivity index (χ3n) is 3.48. The summed E-state index contributed by atoms with van der Waals surface area (Å²) in [6, 6.07) is 0. The maximum Gasteiger partial charge on any atom is 0.406 e. The Morgan fingerprint density at radius 2 is 2.07 bits per heavy atom. The third kappa shape index (κ3) is 5.80. The summed E-state index contributed by atoms with van der Waals surface area (Å²) in [4.78, 5) is 17.0. The second-order valence-electron chi connectivity index (χ2n) is 6.51. The van der Waals surface area contributed by atoms with E-state index >= 15 is 0 Å². The van der Waals surface area contributed by atoms with E-state index in [-0.39, 0.29) is 5.13 Å². The van der Waals surface area contributed by atoms with Crippen LogP contribution in [0.4, 0.5) is 18.3 Å². The van der Waals surface area contributed by atoms with Crippen LogP contribution in [0.1, 0.15) is 30.8 Å². The van der Waals surface area contributed by atoms with Gasteiger partial charge in [0.25, 0.3) is 5.91 Å². The largest absolute Gasteiger partial charge is 0.406 e. The Labute approximate surface area is 164 Å². The molecular weight excluding hydrogens is 401 g/mol. The molecule has 0 atom stereocenters. The fourth-order valence-electron chi connectivity index (χ4n) is 2.35. The first kappa shape index (κ1) is 21.4. The Morgan fingerprint density at radius 1 is 1.41 bits per heavy atom. The number of nitrogens with zero attached hydrogens (tertiary/aromatic N) is 4. The predicted octanol–water partition coefficient (Wildman–Crippen LogP) is 4.87. The van der Waals surface area contributed by atoms with Crippen molar-refractivity contribution < 1.29 is 18.0 Å². The first-order valence-corrected chi connectivity index (χ1v) is 9.45. The van der Waals surface area contributed by atoms with Crippen LogP contribution >= 0.6 is 22.9 Å². The maximum atomic E-state index is 12.9. The summed E-state index contributed by atoms with van der Waals surface area (Å²) < 4.78 is 40.3. The number of hydrogen-bond donors (Lipinski definition) is 0. The molecule has 0 spiro atoms. The van der Waals surface area contributed by atoms with Crippen LogP contribution in [0.3, 0.4) is 0 Å². The molecule has 2 heterocycles. The van der Waals surface area contributed by atoms with Crippen molar-refractivity contribution in [3.05, 3.63) is 33.6 Å². The molecule has 2 aromatic rings. The van der Waals surface area contributed by atoms with Gasteiger partial charge in [-0.25, -0.2) is 4.98 Å². The zero-order valence-electron chi connectivity index (χ0n) is 15.3. The monoisotopic (exact) mass is 420 g/mol. The zero-order valence-corrected chi connectivity index (χ0v) is 16.9. The van der Waals surface area contributed by atoms with E-state index < -0.39 is 18.6 Å². The molecule has 0 saturated carbocycles. The minimum atomic E-state index is -4.54. The molecule has 1 amide bonds. The van der Waals surface area contributed by atoms with Gasteiger partial charge in [-0.1, -0.05) is 25.4 Å². The zero-order chi connectivity index (χ0) is 20.4. The molecule has 148 valence electrons. The molecule has 0 aliphatic rings.